The molecule has 4 rings (SSSR count). The quantitative estimate of drug-likeness (QED) is 0.886. The lowest BCUT2D eigenvalue weighted by Gasteiger charge is -2.37. The number of fused-ring (bicyclic) bond motifs is 1. The van der Waals surface area contributed by atoms with Crippen molar-refractivity contribution in [3.05, 3.63) is 58.3 Å². The predicted octanol–water partition coefficient (Wildman–Crippen LogP) is 3.03. The molecule has 0 radical (unpaired) electrons. The van der Waals surface area contributed by atoms with Crippen LogP contribution in [0, 0.1) is 23.1 Å². The van der Waals surface area contributed by atoms with E-state index in [1.54, 1.807) is 6.08 Å². The molecule has 0 spiro atoms. The van der Waals surface area contributed by atoms with Crippen molar-refractivity contribution in [1.82, 2.24) is 10.0 Å². The lowest BCUT2D eigenvalue weighted by Crippen LogP contribution is -2.44. The average molecular weight is 366 g/mol. The number of hydrazine groups is 1. The van der Waals surface area contributed by atoms with Crippen LogP contribution in [0.2, 0.25) is 0 Å². The second kappa shape index (κ2) is 6.32. The number of allylic oxidation sites excluding steroid dienone is 2. The minimum absolute atomic E-state index is 0.209. The number of hydrogen-bond acceptors (Lipinski definition) is 5. The molecule has 1 N–H and O–H groups in total. The van der Waals surface area contributed by atoms with Gasteiger partial charge in [0.2, 0.25) is 0 Å². The Balaban J connectivity index is 1.81. The zero-order valence-electron chi connectivity index (χ0n) is 15.1. The van der Waals surface area contributed by atoms with Crippen molar-refractivity contribution in [2.75, 3.05) is 6.54 Å². The number of hydrogen-bond donors (Lipinski definition) is 1. The summed E-state index contributed by atoms with van der Waals surface area (Å²) in [6, 6.07) is 6.15. The number of carbonyl (C=O) groups is 1. The second-order valence-corrected chi connectivity index (χ2v) is 7.18. The number of carboxylic acid groups (broad SMARTS) is 1. The smallest absolute Gasteiger partial charge is 0.336 e. The topological polar surface area (TPSA) is 79.9 Å². The van der Waals surface area contributed by atoms with Crippen LogP contribution in [0.1, 0.15) is 37.8 Å². The van der Waals surface area contributed by atoms with E-state index < -0.39 is 11.8 Å². The largest absolute Gasteiger partial charge is 0.478 e. The van der Waals surface area contributed by atoms with E-state index in [0.717, 1.165) is 18.5 Å². The Hall–Kier alpha value is -2.98. The summed E-state index contributed by atoms with van der Waals surface area (Å²) in [5.41, 5.74) is 2.07. The zero-order valence-corrected chi connectivity index (χ0v) is 15.1. The number of nitrogens with zero attached hydrogens (tertiary/aromatic N) is 4. The molecule has 0 amide bonds. The highest BCUT2D eigenvalue weighted by Gasteiger charge is 2.43. The summed E-state index contributed by atoms with van der Waals surface area (Å²) in [4.78, 5) is 16.4. The highest BCUT2D eigenvalue weighted by Crippen LogP contribution is 2.41. The average Bonchev–Trinajstić information content (AvgIpc) is 3.41. The van der Waals surface area contributed by atoms with E-state index in [2.05, 4.69) is 11.9 Å². The van der Waals surface area contributed by atoms with Crippen LogP contribution in [0.4, 0.5) is 4.39 Å². The van der Waals surface area contributed by atoms with Gasteiger partial charge in [-0.2, -0.15) is 5.26 Å². The van der Waals surface area contributed by atoms with Crippen LogP contribution in [0.15, 0.2) is 46.4 Å². The molecule has 1 aromatic rings. The molecule has 2 heterocycles. The molecule has 0 saturated heterocycles. The highest BCUT2D eigenvalue weighted by molar-refractivity contribution is 6.12. The first kappa shape index (κ1) is 17.4. The third-order valence-electron chi connectivity index (χ3n) is 5.36. The van der Waals surface area contributed by atoms with Crippen molar-refractivity contribution in [3.63, 3.8) is 0 Å². The first-order valence-corrected chi connectivity index (χ1v) is 8.91. The zero-order chi connectivity index (χ0) is 19.3. The van der Waals surface area contributed by atoms with Crippen molar-refractivity contribution in [2.24, 2.45) is 10.9 Å². The molecule has 1 atom stereocenters. The number of halogens is 1. The van der Waals surface area contributed by atoms with Gasteiger partial charge in [0, 0.05) is 17.3 Å². The van der Waals surface area contributed by atoms with Crippen LogP contribution >= 0.6 is 0 Å². The molecule has 138 valence electrons. The monoisotopic (exact) mass is 366 g/mol. The SMILES string of the molecule is CC1=CC(c2cc(F)ccc2C#N)=NC2=C(C(=O)O)CN([C@@H](C)C3CC3)N12. The molecule has 3 aliphatic rings. The fourth-order valence-electron chi connectivity index (χ4n) is 3.72. The molecule has 27 heavy (non-hydrogen) atoms. The van der Waals surface area contributed by atoms with E-state index >= 15 is 0 Å². The maximum atomic E-state index is 13.8. The van der Waals surface area contributed by atoms with Crippen molar-refractivity contribution in [3.8, 4) is 6.07 Å². The van der Waals surface area contributed by atoms with Gasteiger partial charge in [-0.3, -0.25) is 5.01 Å². The molecule has 6 nitrogen and oxygen atoms in total. The summed E-state index contributed by atoms with van der Waals surface area (Å²) < 4.78 is 13.8. The molecular weight excluding hydrogens is 347 g/mol. The minimum Gasteiger partial charge on any atom is -0.478 e. The summed E-state index contributed by atoms with van der Waals surface area (Å²) in [5.74, 6) is -0.579. The Morgan fingerprint density at radius 3 is 2.81 bits per heavy atom. The minimum atomic E-state index is -1.02. The normalized spacial score (nSPS) is 20.7. The van der Waals surface area contributed by atoms with E-state index in [4.69, 9.17) is 0 Å². The van der Waals surface area contributed by atoms with Gasteiger partial charge in [0.15, 0.2) is 5.82 Å². The molecule has 1 aliphatic carbocycles. The summed E-state index contributed by atoms with van der Waals surface area (Å²) >= 11 is 0. The molecular formula is C20H19FN4O2. The third-order valence-corrected chi connectivity index (χ3v) is 5.36. The first-order chi connectivity index (χ1) is 12.9. The number of nitriles is 1. The number of benzene rings is 1. The van der Waals surface area contributed by atoms with E-state index in [1.807, 2.05) is 23.0 Å². The van der Waals surface area contributed by atoms with Gasteiger partial charge in [0.25, 0.3) is 0 Å². The number of carboxylic acids is 1. The fraction of sp³-hybridized carbons (Fsp3) is 0.350. The maximum absolute atomic E-state index is 13.8. The Bertz CT molecular complexity index is 969. The van der Waals surface area contributed by atoms with Gasteiger partial charge in [0.05, 0.1) is 29.5 Å². The molecule has 0 unspecified atom stereocenters. The Kier molecular flexibility index (Phi) is 4.08. The Morgan fingerprint density at radius 1 is 1.44 bits per heavy atom. The molecule has 2 aliphatic heterocycles. The molecule has 0 aromatic heterocycles. The fourth-order valence-corrected chi connectivity index (χ4v) is 3.72. The van der Waals surface area contributed by atoms with Crippen LogP contribution in [0.5, 0.6) is 0 Å². The summed E-state index contributed by atoms with van der Waals surface area (Å²) in [6.45, 7) is 4.25. The lowest BCUT2D eigenvalue weighted by molar-refractivity contribution is -0.132. The van der Waals surface area contributed by atoms with Gasteiger partial charge in [0.1, 0.15) is 5.82 Å². The van der Waals surface area contributed by atoms with Crippen LogP contribution < -0.4 is 0 Å². The standard InChI is InChI=1S/C20H19FN4O2/c1-11-7-18(16-8-15(21)6-5-14(16)9-22)23-19-17(20(26)27)10-24(25(11)19)12(2)13-3-4-13/h5-8,12-13H,3-4,10H2,1-2H3,(H,26,27)/t12-/m0/s1. The predicted molar refractivity (Wildman–Crippen MR) is 96.8 cm³/mol. The van der Waals surface area contributed by atoms with E-state index in [1.165, 1.54) is 18.2 Å². The first-order valence-electron chi connectivity index (χ1n) is 8.91. The summed E-state index contributed by atoms with van der Waals surface area (Å²) in [6.07, 6.45) is 4.07. The number of aliphatic imine (C=N–C) groups is 1. The molecule has 1 fully saturated rings. The van der Waals surface area contributed by atoms with Gasteiger partial charge in [-0.1, -0.05) is 0 Å². The molecule has 1 aromatic carbocycles. The van der Waals surface area contributed by atoms with Crippen LogP contribution in [-0.2, 0) is 4.79 Å². The molecule has 7 heteroatoms. The van der Waals surface area contributed by atoms with Crippen molar-refractivity contribution < 1.29 is 14.3 Å². The summed E-state index contributed by atoms with van der Waals surface area (Å²) in [5, 5.41) is 22.9. The highest BCUT2D eigenvalue weighted by atomic mass is 19.1. The van der Waals surface area contributed by atoms with Gasteiger partial charge in [-0.15, -0.1) is 0 Å². The Morgan fingerprint density at radius 2 is 2.19 bits per heavy atom. The summed E-state index contributed by atoms with van der Waals surface area (Å²) in [7, 11) is 0. The van der Waals surface area contributed by atoms with E-state index in [0.29, 0.717) is 28.6 Å². The lowest BCUT2D eigenvalue weighted by atomic mass is 10.0. The molecule has 1 saturated carbocycles. The maximum Gasteiger partial charge on any atom is 0.336 e. The van der Waals surface area contributed by atoms with Gasteiger partial charge in [-0.25, -0.2) is 19.2 Å². The number of aliphatic carboxylic acids is 1. The third kappa shape index (κ3) is 2.92. The van der Waals surface area contributed by atoms with Crippen LogP contribution in [0.25, 0.3) is 0 Å². The number of rotatable bonds is 4. The van der Waals surface area contributed by atoms with Crippen molar-refractivity contribution in [1.29, 1.82) is 5.26 Å². The van der Waals surface area contributed by atoms with Crippen molar-refractivity contribution in [2.45, 2.75) is 32.7 Å². The van der Waals surface area contributed by atoms with Gasteiger partial charge in [-0.05, 0) is 56.9 Å². The van der Waals surface area contributed by atoms with Gasteiger partial charge >= 0.3 is 5.97 Å². The van der Waals surface area contributed by atoms with Crippen molar-refractivity contribution >= 4 is 11.7 Å². The molecule has 0 bridgehead atoms. The van der Waals surface area contributed by atoms with E-state index in [9.17, 15) is 19.6 Å². The Labute approximate surface area is 156 Å². The second-order valence-electron chi connectivity index (χ2n) is 7.18. The van der Waals surface area contributed by atoms with E-state index in [-0.39, 0.29) is 18.2 Å². The van der Waals surface area contributed by atoms with Crippen LogP contribution in [0.3, 0.4) is 0 Å². The van der Waals surface area contributed by atoms with Crippen LogP contribution in [-0.4, -0.2) is 39.4 Å². The van der Waals surface area contributed by atoms with Gasteiger partial charge < -0.3 is 5.11 Å².